The second-order valence-corrected chi connectivity index (χ2v) is 5.61. The summed E-state index contributed by atoms with van der Waals surface area (Å²) in [5.74, 6) is -0.967. The Morgan fingerprint density at radius 2 is 2.14 bits per heavy atom. The number of aryl methyl sites for hydroxylation is 1. The number of hydrogen-bond acceptors (Lipinski definition) is 3. The van der Waals surface area contributed by atoms with Gasteiger partial charge in [-0.1, -0.05) is 24.3 Å². The van der Waals surface area contributed by atoms with Crippen LogP contribution in [0.2, 0.25) is 0 Å². The van der Waals surface area contributed by atoms with Gasteiger partial charge in [-0.15, -0.1) is 0 Å². The van der Waals surface area contributed by atoms with Crippen LogP contribution in [-0.4, -0.2) is 41.0 Å². The van der Waals surface area contributed by atoms with Crippen molar-refractivity contribution in [2.45, 2.75) is 38.8 Å². The summed E-state index contributed by atoms with van der Waals surface area (Å²) in [6.07, 6.45) is 1.45. The largest absolute Gasteiger partial charge is 0.480 e. The highest BCUT2D eigenvalue weighted by atomic mass is 16.4. The van der Waals surface area contributed by atoms with E-state index >= 15 is 0 Å². The molecule has 1 aromatic rings. The molecule has 1 aliphatic rings. The number of carboxylic acid groups (broad SMARTS) is 1. The van der Waals surface area contributed by atoms with Crippen molar-refractivity contribution in [3.63, 3.8) is 0 Å². The van der Waals surface area contributed by atoms with E-state index in [9.17, 15) is 9.59 Å². The maximum atomic E-state index is 12.1. The van der Waals surface area contributed by atoms with Gasteiger partial charge in [0, 0.05) is 0 Å². The standard InChI is InChI=1S/C16H22N2O3/c1-11-6-3-4-7-13(11)12(2)17-15(19)10-18-9-5-8-14(18)16(20)21/h3-4,6-7,12,14H,5,8-10H2,1-2H3,(H,17,19)(H,20,21)/t12-,14-/m0/s1. The number of aliphatic carboxylic acids is 1. The summed E-state index contributed by atoms with van der Waals surface area (Å²) in [4.78, 5) is 25.0. The van der Waals surface area contributed by atoms with Crippen LogP contribution in [0.5, 0.6) is 0 Å². The first-order valence-electron chi connectivity index (χ1n) is 7.31. The number of amides is 1. The minimum absolute atomic E-state index is 0.0791. The Bertz CT molecular complexity index is 530. The molecule has 2 atom stereocenters. The number of carboxylic acids is 1. The zero-order valence-electron chi connectivity index (χ0n) is 12.5. The predicted octanol–water partition coefficient (Wildman–Crippen LogP) is 1.72. The number of nitrogens with one attached hydrogen (secondary N) is 1. The molecular formula is C16H22N2O3. The van der Waals surface area contributed by atoms with Crippen molar-refractivity contribution in [1.29, 1.82) is 0 Å². The molecule has 1 aromatic carbocycles. The third-order valence-corrected chi connectivity index (χ3v) is 4.03. The number of rotatable bonds is 5. The maximum absolute atomic E-state index is 12.1. The lowest BCUT2D eigenvalue weighted by molar-refractivity contribution is -0.142. The van der Waals surface area contributed by atoms with Crippen molar-refractivity contribution in [3.8, 4) is 0 Å². The Labute approximate surface area is 125 Å². The van der Waals surface area contributed by atoms with Crippen LogP contribution in [0.3, 0.4) is 0 Å². The second-order valence-electron chi connectivity index (χ2n) is 5.61. The molecule has 0 bridgehead atoms. The van der Waals surface area contributed by atoms with Crippen LogP contribution in [0, 0.1) is 6.92 Å². The van der Waals surface area contributed by atoms with E-state index < -0.39 is 12.0 Å². The molecular weight excluding hydrogens is 268 g/mol. The third kappa shape index (κ3) is 3.82. The summed E-state index contributed by atoms with van der Waals surface area (Å²) < 4.78 is 0. The van der Waals surface area contributed by atoms with E-state index in [1.54, 1.807) is 4.90 Å². The number of carbonyl (C=O) groups is 2. The average Bonchev–Trinajstić information content (AvgIpc) is 2.87. The number of likely N-dealkylation sites (tertiary alicyclic amines) is 1. The first kappa shape index (κ1) is 15.5. The van der Waals surface area contributed by atoms with E-state index in [1.165, 1.54) is 0 Å². The summed E-state index contributed by atoms with van der Waals surface area (Å²) in [5, 5.41) is 12.1. The van der Waals surface area contributed by atoms with E-state index in [0.29, 0.717) is 13.0 Å². The first-order chi connectivity index (χ1) is 9.99. The van der Waals surface area contributed by atoms with Gasteiger partial charge in [0.05, 0.1) is 12.6 Å². The van der Waals surface area contributed by atoms with E-state index in [2.05, 4.69) is 5.32 Å². The van der Waals surface area contributed by atoms with Gasteiger partial charge in [-0.25, -0.2) is 0 Å². The van der Waals surface area contributed by atoms with Crippen molar-refractivity contribution in [2.24, 2.45) is 0 Å². The van der Waals surface area contributed by atoms with Crippen molar-refractivity contribution >= 4 is 11.9 Å². The number of nitrogens with zero attached hydrogens (tertiary/aromatic N) is 1. The summed E-state index contributed by atoms with van der Waals surface area (Å²) in [6.45, 7) is 4.77. The molecule has 0 aromatic heterocycles. The first-order valence-corrected chi connectivity index (χ1v) is 7.31. The van der Waals surface area contributed by atoms with Gasteiger partial charge in [-0.05, 0) is 44.4 Å². The number of hydrogen-bond donors (Lipinski definition) is 2. The summed E-state index contributed by atoms with van der Waals surface area (Å²) in [6, 6.07) is 7.32. The fourth-order valence-electron chi connectivity index (χ4n) is 2.92. The highest BCUT2D eigenvalue weighted by Crippen LogP contribution is 2.18. The lowest BCUT2D eigenvalue weighted by Crippen LogP contribution is -2.43. The molecule has 1 heterocycles. The van der Waals surface area contributed by atoms with Crippen molar-refractivity contribution in [3.05, 3.63) is 35.4 Å². The van der Waals surface area contributed by atoms with Crippen LogP contribution in [0.15, 0.2) is 24.3 Å². The van der Waals surface area contributed by atoms with Crippen LogP contribution in [0.25, 0.3) is 0 Å². The molecule has 1 saturated heterocycles. The third-order valence-electron chi connectivity index (χ3n) is 4.03. The van der Waals surface area contributed by atoms with E-state index in [-0.39, 0.29) is 18.5 Å². The van der Waals surface area contributed by atoms with Gasteiger partial charge in [0.1, 0.15) is 6.04 Å². The fourth-order valence-corrected chi connectivity index (χ4v) is 2.92. The summed E-state index contributed by atoms with van der Waals surface area (Å²) in [5.41, 5.74) is 2.22. The van der Waals surface area contributed by atoms with Gasteiger partial charge < -0.3 is 10.4 Å². The van der Waals surface area contributed by atoms with Crippen LogP contribution in [0.4, 0.5) is 0 Å². The number of carbonyl (C=O) groups excluding carboxylic acids is 1. The Hall–Kier alpha value is -1.88. The van der Waals surface area contributed by atoms with Gasteiger partial charge in [0.25, 0.3) is 0 Å². The Balaban J connectivity index is 1.93. The van der Waals surface area contributed by atoms with E-state index in [1.807, 2.05) is 38.1 Å². The van der Waals surface area contributed by atoms with E-state index in [4.69, 9.17) is 5.11 Å². The van der Waals surface area contributed by atoms with Crippen molar-refractivity contribution in [1.82, 2.24) is 10.2 Å². The summed E-state index contributed by atoms with van der Waals surface area (Å²) >= 11 is 0. The second kappa shape index (κ2) is 6.72. The molecule has 0 unspecified atom stereocenters. The quantitative estimate of drug-likeness (QED) is 0.866. The van der Waals surface area contributed by atoms with Gasteiger partial charge in [0.2, 0.25) is 5.91 Å². The molecule has 2 N–H and O–H groups in total. The SMILES string of the molecule is Cc1ccccc1[C@H](C)NC(=O)CN1CCC[C@H]1C(=O)O. The monoisotopic (exact) mass is 290 g/mol. The van der Waals surface area contributed by atoms with Crippen LogP contribution >= 0.6 is 0 Å². The highest BCUT2D eigenvalue weighted by Gasteiger charge is 2.31. The molecule has 21 heavy (non-hydrogen) atoms. The molecule has 5 nitrogen and oxygen atoms in total. The Morgan fingerprint density at radius 1 is 1.43 bits per heavy atom. The molecule has 1 amide bonds. The van der Waals surface area contributed by atoms with Crippen molar-refractivity contribution < 1.29 is 14.7 Å². The Kier molecular flexibility index (Phi) is 4.96. The topological polar surface area (TPSA) is 69.6 Å². The maximum Gasteiger partial charge on any atom is 0.320 e. The van der Waals surface area contributed by atoms with Crippen molar-refractivity contribution in [2.75, 3.05) is 13.1 Å². The van der Waals surface area contributed by atoms with E-state index in [0.717, 1.165) is 17.5 Å². The normalized spacial score (nSPS) is 20.2. The molecule has 1 fully saturated rings. The zero-order chi connectivity index (χ0) is 15.4. The average molecular weight is 290 g/mol. The zero-order valence-corrected chi connectivity index (χ0v) is 12.5. The molecule has 5 heteroatoms. The molecule has 0 aliphatic carbocycles. The Morgan fingerprint density at radius 3 is 2.81 bits per heavy atom. The van der Waals surface area contributed by atoms with Crippen LogP contribution in [-0.2, 0) is 9.59 Å². The molecule has 1 aliphatic heterocycles. The smallest absolute Gasteiger partial charge is 0.320 e. The van der Waals surface area contributed by atoms with Gasteiger partial charge >= 0.3 is 5.97 Å². The number of benzene rings is 1. The van der Waals surface area contributed by atoms with Crippen LogP contribution in [0.1, 0.15) is 36.9 Å². The fraction of sp³-hybridized carbons (Fsp3) is 0.500. The lowest BCUT2D eigenvalue weighted by Gasteiger charge is -2.22. The van der Waals surface area contributed by atoms with Gasteiger partial charge in [-0.2, -0.15) is 0 Å². The minimum atomic E-state index is -0.841. The lowest BCUT2D eigenvalue weighted by atomic mass is 10.0. The van der Waals surface area contributed by atoms with Crippen LogP contribution < -0.4 is 5.32 Å². The van der Waals surface area contributed by atoms with Gasteiger partial charge in [0.15, 0.2) is 0 Å². The highest BCUT2D eigenvalue weighted by molar-refractivity contribution is 5.80. The molecule has 2 rings (SSSR count). The molecule has 0 saturated carbocycles. The minimum Gasteiger partial charge on any atom is -0.480 e. The summed E-state index contributed by atoms with van der Waals surface area (Å²) in [7, 11) is 0. The molecule has 0 radical (unpaired) electrons. The molecule has 0 spiro atoms. The predicted molar refractivity (Wildman–Crippen MR) is 80.0 cm³/mol. The van der Waals surface area contributed by atoms with Gasteiger partial charge in [-0.3, -0.25) is 14.5 Å². The molecule has 114 valence electrons.